The van der Waals surface area contributed by atoms with Crippen molar-refractivity contribution in [1.82, 2.24) is 0 Å². The highest BCUT2D eigenvalue weighted by Crippen LogP contribution is 1.80. The lowest BCUT2D eigenvalue weighted by molar-refractivity contribution is -0.135. The molecule has 21 heavy (non-hydrogen) atoms. The van der Waals surface area contributed by atoms with Gasteiger partial charge in [0.05, 0.1) is 52.9 Å². The SMILES string of the molecule is CC(=O)O.CC(=O)O.OCCOCCOCCOCCO. The van der Waals surface area contributed by atoms with Crippen LogP contribution in [0, 0.1) is 0 Å². The average molecular weight is 314 g/mol. The van der Waals surface area contributed by atoms with Crippen molar-refractivity contribution in [2.45, 2.75) is 13.8 Å². The minimum absolute atomic E-state index is 0.0413. The number of aliphatic hydroxyl groups is 2. The first kappa shape index (κ1) is 24.7. The molecule has 0 aliphatic heterocycles. The molecule has 0 aliphatic rings. The van der Waals surface area contributed by atoms with E-state index in [-0.39, 0.29) is 13.2 Å². The maximum absolute atomic E-state index is 9.00. The second-order valence-corrected chi connectivity index (χ2v) is 3.32. The molecule has 0 aliphatic carbocycles. The molecule has 0 heterocycles. The Hall–Kier alpha value is -1.26. The van der Waals surface area contributed by atoms with Gasteiger partial charge in [0.25, 0.3) is 11.9 Å². The summed E-state index contributed by atoms with van der Waals surface area (Å²) in [6.45, 7) is 4.93. The first-order chi connectivity index (χ1) is 9.88. The second-order valence-electron chi connectivity index (χ2n) is 3.32. The molecule has 0 unspecified atom stereocenters. The molecule has 0 atom stereocenters. The first-order valence-electron chi connectivity index (χ1n) is 6.22. The van der Waals surface area contributed by atoms with Gasteiger partial charge < -0.3 is 34.6 Å². The van der Waals surface area contributed by atoms with E-state index in [9.17, 15) is 0 Å². The van der Waals surface area contributed by atoms with Crippen molar-refractivity contribution in [2.75, 3.05) is 52.9 Å². The van der Waals surface area contributed by atoms with Crippen LogP contribution in [0.4, 0.5) is 0 Å². The third-order valence-electron chi connectivity index (χ3n) is 1.22. The van der Waals surface area contributed by atoms with E-state index in [4.69, 9.17) is 44.2 Å². The number of aliphatic hydroxyl groups excluding tert-OH is 2. The van der Waals surface area contributed by atoms with Crippen LogP contribution in [0.1, 0.15) is 13.8 Å². The molecule has 9 heteroatoms. The van der Waals surface area contributed by atoms with E-state index in [0.29, 0.717) is 39.6 Å². The number of carbonyl (C=O) groups is 2. The van der Waals surface area contributed by atoms with E-state index < -0.39 is 11.9 Å². The number of carboxylic acids is 2. The largest absolute Gasteiger partial charge is 0.481 e. The summed E-state index contributed by atoms with van der Waals surface area (Å²) in [5.74, 6) is -1.67. The van der Waals surface area contributed by atoms with Crippen LogP contribution >= 0.6 is 0 Å². The molecule has 0 bridgehead atoms. The number of hydrogen-bond acceptors (Lipinski definition) is 7. The van der Waals surface area contributed by atoms with Gasteiger partial charge in [0.1, 0.15) is 0 Å². The van der Waals surface area contributed by atoms with Crippen molar-refractivity contribution >= 4 is 11.9 Å². The summed E-state index contributed by atoms with van der Waals surface area (Å²) in [5.41, 5.74) is 0. The molecule has 0 saturated heterocycles. The normalized spacial score (nSPS) is 8.95. The van der Waals surface area contributed by atoms with Gasteiger partial charge in [-0.2, -0.15) is 0 Å². The van der Waals surface area contributed by atoms with Gasteiger partial charge in [0, 0.05) is 13.8 Å². The minimum atomic E-state index is -0.833. The maximum atomic E-state index is 9.00. The summed E-state index contributed by atoms with van der Waals surface area (Å²) in [7, 11) is 0. The Kier molecular flexibility index (Phi) is 28.0. The average Bonchev–Trinajstić information content (AvgIpc) is 2.35. The van der Waals surface area contributed by atoms with Crippen LogP contribution in [0.2, 0.25) is 0 Å². The highest BCUT2D eigenvalue weighted by Gasteiger charge is 1.89. The number of carboxylic acid groups (broad SMARTS) is 2. The lowest BCUT2D eigenvalue weighted by Crippen LogP contribution is -2.11. The first-order valence-corrected chi connectivity index (χ1v) is 6.22. The van der Waals surface area contributed by atoms with Gasteiger partial charge in [0.2, 0.25) is 0 Å². The Morgan fingerprint density at radius 1 is 0.667 bits per heavy atom. The summed E-state index contributed by atoms with van der Waals surface area (Å²) in [4.78, 5) is 18.0. The van der Waals surface area contributed by atoms with Crippen molar-refractivity contribution in [1.29, 1.82) is 0 Å². The summed E-state index contributed by atoms with van der Waals surface area (Å²) >= 11 is 0. The smallest absolute Gasteiger partial charge is 0.300 e. The van der Waals surface area contributed by atoms with Crippen molar-refractivity contribution in [3.8, 4) is 0 Å². The molecule has 0 radical (unpaired) electrons. The Balaban J connectivity index is -0.000000334. The number of aliphatic carboxylic acids is 2. The van der Waals surface area contributed by atoms with Gasteiger partial charge in [0.15, 0.2) is 0 Å². The van der Waals surface area contributed by atoms with Crippen molar-refractivity contribution in [2.24, 2.45) is 0 Å². The summed E-state index contributed by atoms with van der Waals surface area (Å²) < 4.78 is 15.0. The Morgan fingerprint density at radius 3 is 1.05 bits per heavy atom. The fourth-order valence-electron chi connectivity index (χ4n) is 0.671. The lowest BCUT2D eigenvalue weighted by Gasteiger charge is -2.04. The number of ether oxygens (including phenoxy) is 3. The van der Waals surface area contributed by atoms with E-state index in [1.807, 2.05) is 0 Å². The molecule has 0 aromatic rings. The molecule has 0 fully saturated rings. The Bertz CT molecular complexity index is 191. The molecular formula is C12H26O9. The minimum Gasteiger partial charge on any atom is -0.481 e. The molecule has 9 nitrogen and oxygen atoms in total. The molecule has 0 aromatic carbocycles. The predicted molar refractivity (Wildman–Crippen MR) is 73.2 cm³/mol. The van der Waals surface area contributed by atoms with Crippen molar-refractivity contribution < 1.29 is 44.2 Å². The van der Waals surface area contributed by atoms with Crippen molar-refractivity contribution in [3.63, 3.8) is 0 Å². The quantitative estimate of drug-likeness (QED) is 0.381. The zero-order chi connectivity index (χ0) is 16.9. The predicted octanol–water partition coefficient (Wildman–Crippen LogP) is -0.797. The molecule has 0 rings (SSSR count). The van der Waals surface area contributed by atoms with Gasteiger partial charge >= 0.3 is 0 Å². The van der Waals surface area contributed by atoms with Crippen LogP contribution in [0.25, 0.3) is 0 Å². The van der Waals surface area contributed by atoms with Crippen LogP contribution in [0.5, 0.6) is 0 Å². The second kappa shape index (κ2) is 23.8. The maximum Gasteiger partial charge on any atom is 0.300 e. The van der Waals surface area contributed by atoms with Crippen molar-refractivity contribution in [3.05, 3.63) is 0 Å². The van der Waals surface area contributed by atoms with Crippen LogP contribution in [-0.2, 0) is 23.8 Å². The monoisotopic (exact) mass is 314 g/mol. The van der Waals surface area contributed by atoms with Gasteiger partial charge in [-0.25, -0.2) is 0 Å². The fraction of sp³-hybridized carbons (Fsp3) is 0.833. The van der Waals surface area contributed by atoms with E-state index in [1.165, 1.54) is 0 Å². The highest BCUT2D eigenvalue weighted by molar-refractivity contribution is 5.63. The number of hydrogen-bond donors (Lipinski definition) is 4. The van der Waals surface area contributed by atoms with Gasteiger partial charge in [-0.3, -0.25) is 9.59 Å². The summed E-state index contributed by atoms with van der Waals surface area (Å²) in [5, 5.41) is 31.5. The van der Waals surface area contributed by atoms with Gasteiger partial charge in [-0.15, -0.1) is 0 Å². The Labute approximate surface area is 124 Å². The molecule has 0 spiro atoms. The lowest BCUT2D eigenvalue weighted by atomic mass is 10.7. The zero-order valence-electron chi connectivity index (χ0n) is 12.5. The molecule has 4 N–H and O–H groups in total. The molecule has 0 amide bonds. The van der Waals surface area contributed by atoms with Crippen LogP contribution in [0.15, 0.2) is 0 Å². The summed E-state index contributed by atoms with van der Waals surface area (Å²) in [6.07, 6.45) is 0. The third kappa shape index (κ3) is 68.7. The standard InChI is InChI=1S/C8H18O5.2C2H4O2/c9-1-3-11-5-7-13-8-6-12-4-2-10;2*1-2(3)4/h9-10H,1-8H2;2*1H3,(H,3,4). The van der Waals surface area contributed by atoms with E-state index >= 15 is 0 Å². The topological polar surface area (TPSA) is 143 Å². The molecule has 128 valence electrons. The number of rotatable bonds is 10. The molecular weight excluding hydrogens is 288 g/mol. The zero-order valence-corrected chi connectivity index (χ0v) is 12.5. The fourth-order valence-corrected chi connectivity index (χ4v) is 0.671. The van der Waals surface area contributed by atoms with Crippen LogP contribution in [-0.4, -0.2) is 85.2 Å². The highest BCUT2D eigenvalue weighted by atomic mass is 16.5. The van der Waals surface area contributed by atoms with E-state index in [1.54, 1.807) is 0 Å². The van der Waals surface area contributed by atoms with Crippen LogP contribution in [0.3, 0.4) is 0 Å². The van der Waals surface area contributed by atoms with E-state index in [0.717, 1.165) is 13.8 Å². The summed E-state index contributed by atoms with van der Waals surface area (Å²) in [6, 6.07) is 0. The van der Waals surface area contributed by atoms with Gasteiger partial charge in [-0.1, -0.05) is 0 Å². The van der Waals surface area contributed by atoms with E-state index in [2.05, 4.69) is 0 Å². The molecule has 0 saturated carbocycles. The Morgan fingerprint density at radius 2 is 0.857 bits per heavy atom. The van der Waals surface area contributed by atoms with Crippen LogP contribution < -0.4 is 0 Å². The third-order valence-corrected chi connectivity index (χ3v) is 1.22. The molecule has 0 aromatic heterocycles. The van der Waals surface area contributed by atoms with Gasteiger partial charge in [-0.05, 0) is 0 Å².